The summed E-state index contributed by atoms with van der Waals surface area (Å²) in [6, 6.07) is 10.1. The monoisotopic (exact) mass is 302 g/mol. The summed E-state index contributed by atoms with van der Waals surface area (Å²) in [6.45, 7) is 1.42. The topological polar surface area (TPSA) is 42.4 Å². The molecule has 1 aromatic heterocycles. The van der Waals surface area contributed by atoms with E-state index in [4.69, 9.17) is 4.74 Å². The van der Waals surface area contributed by atoms with Gasteiger partial charge in [0.15, 0.2) is 0 Å². The zero-order valence-electron chi connectivity index (χ0n) is 12.0. The molecule has 2 aromatic rings. The molecule has 0 N–H and O–H groups in total. The van der Waals surface area contributed by atoms with Crippen molar-refractivity contribution in [2.75, 3.05) is 26.0 Å². The predicted octanol–water partition coefficient (Wildman–Crippen LogP) is 2.85. The molecule has 2 heterocycles. The highest BCUT2D eigenvalue weighted by atomic mass is 32.2. The van der Waals surface area contributed by atoms with Crippen molar-refractivity contribution >= 4 is 28.6 Å². The quantitative estimate of drug-likeness (QED) is 0.797. The van der Waals surface area contributed by atoms with Crippen LogP contribution in [0.5, 0.6) is 0 Å². The van der Waals surface area contributed by atoms with Crippen molar-refractivity contribution in [2.24, 2.45) is 0 Å². The van der Waals surface area contributed by atoms with Crippen molar-refractivity contribution in [3.05, 3.63) is 42.1 Å². The van der Waals surface area contributed by atoms with E-state index in [0.29, 0.717) is 12.4 Å². The lowest BCUT2D eigenvalue weighted by Gasteiger charge is -2.25. The van der Waals surface area contributed by atoms with Gasteiger partial charge in [-0.05, 0) is 24.1 Å². The van der Waals surface area contributed by atoms with Crippen molar-refractivity contribution in [3.63, 3.8) is 0 Å². The summed E-state index contributed by atoms with van der Waals surface area (Å²) >= 11 is 1.69. The van der Waals surface area contributed by atoms with E-state index in [0.717, 1.165) is 23.9 Å². The van der Waals surface area contributed by atoms with Gasteiger partial charge >= 0.3 is 0 Å². The molecule has 1 saturated heterocycles. The number of rotatable bonds is 5. The summed E-state index contributed by atoms with van der Waals surface area (Å²) in [4.78, 5) is 18.5. The molecule has 0 aliphatic carbocycles. The van der Waals surface area contributed by atoms with Crippen LogP contribution in [0.15, 0.2) is 36.5 Å². The van der Waals surface area contributed by atoms with E-state index in [9.17, 15) is 4.79 Å². The number of ether oxygens (including phenoxy) is 1. The number of hydrogen-bond donors (Lipinski definition) is 0. The molecule has 5 heteroatoms. The average molecular weight is 302 g/mol. The Bertz CT molecular complexity index is 642. The Labute approximate surface area is 128 Å². The van der Waals surface area contributed by atoms with Gasteiger partial charge in [0.1, 0.15) is 5.37 Å². The van der Waals surface area contributed by atoms with Crippen LogP contribution in [0.3, 0.4) is 0 Å². The number of fused-ring (bicyclic) bond motifs is 1. The first-order valence-electron chi connectivity index (χ1n) is 7.05. The lowest BCUT2D eigenvalue weighted by atomic mass is 10.1. The molecule has 0 spiro atoms. The zero-order chi connectivity index (χ0) is 14.7. The lowest BCUT2D eigenvalue weighted by Crippen LogP contribution is -2.30. The second kappa shape index (κ2) is 6.45. The number of aromatic nitrogens is 1. The highest BCUT2D eigenvalue weighted by Gasteiger charge is 2.33. The first-order chi connectivity index (χ1) is 10.3. The third-order valence-electron chi connectivity index (χ3n) is 3.66. The molecule has 1 aliphatic rings. The molecule has 1 aliphatic heterocycles. The molecule has 110 valence electrons. The summed E-state index contributed by atoms with van der Waals surface area (Å²) in [5.74, 6) is 0.760. The van der Waals surface area contributed by atoms with Crippen LogP contribution in [0.1, 0.15) is 17.4 Å². The second-order valence-electron chi connectivity index (χ2n) is 5.01. The van der Waals surface area contributed by atoms with E-state index in [-0.39, 0.29) is 11.3 Å². The fourth-order valence-electron chi connectivity index (χ4n) is 2.67. The Morgan fingerprint density at radius 2 is 2.24 bits per heavy atom. The fourth-order valence-corrected chi connectivity index (χ4v) is 3.92. The largest absolute Gasteiger partial charge is 0.385 e. The van der Waals surface area contributed by atoms with Crippen LogP contribution in [-0.2, 0) is 9.53 Å². The number of carbonyl (C=O) groups excluding carboxylic acids is 1. The lowest BCUT2D eigenvalue weighted by molar-refractivity contribution is -0.128. The Balaban J connectivity index is 1.91. The summed E-state index contributed by atoms with van der Waals surface area (Å²) in [6.07, 6.45) is 2.69. The number of pyridine rings is 1. The molecule has 1 aromatic carbocycles. The van der Waals surface area contributed by atoms with Gasteiger partial charge in [-0.3, -0.25) is 9.78 Å². The summed E-state index contributed by atoms with van der Waals surface area (Å²) in [5.41, 5.74) is 2.15. The molecule has 1 unspecified atom stereocenters. The molecule has 0 bridgehead atoms. The maximum absolute atomic E-state index is 12.1. The van der Waals surface area contributed by atoms with Gasteiger partial charge in [-0.2, -0.15) is 0 Å². The van der Waals surface area contributed by atoms with E-state index in [1.807, 2.05) is 35.4 Å². The van der Waals surface area contributed by atoms with Gasteiger partial charge in [0, 0.05) is 31.8 Å². The van der Waals surface area contributed by atoms with Crippen molar-refractivity contribution in [3.8, 4) is 0 Å². The Morgan fingerprint density at radius 3 is 3.10 bits per heavy atom. The van der Waals surface area contributed by atoms with Crippen molar-refractivity contribution in [2.45, 2.75) is 11.8 Å². The van der Waals surface area contributed by atoms with Crippen LogP contribution in [-0.4, -0.2) is 41.8 Å². The van der Waals surface area contributed by atoms with Crippen molar-refractivity contribution in [1.82, 2.24) is 9.88 Å². The fraction of sp³-hybridized carbons (Fsp3) is 0.375. The number of benzene rings is 1. The normalized spacial score (nSPS) is 18.6. The maximum Gasteiger partial charge on any atom is 0.233 e. The van der Waals surface area contributed by atoms with Gasteiger partial charge in [0.05, 0.1) is 11.3 Å². The first kappa shape index (κ1) is 14.4. The minimum atomic E-state index is 0.0854. The summed E-state index contributed by atoms with van der Waals surface area (Å²) < 4.78 is 5.09. The third-order valence-corrected chi connectivity index (χ3v) is 4.90. The van der Waals surface area contributed by atoms with E-state index in [2.05, 4.69) is 11.1 Å². The van der Waals surface area contributed by atoms with Crippen molar-refractivity contribution in [1.29, 1.82) is 0 Å². The molecular formula is C16H18N2O2S. The van der Waals surface area contributed by atoms with Gasteiger partial charge in [0.25, 0.3) is 0 Å². The van der Waals surface area contributed by atoms with Crippen LogP contribution in [0.4, 0.5) is 0 Å². The second-order valence-corrected chi connectivity index (χ2v) is 6.08. The average Bonchev–Trinajstić information content (AvgIpc) is 2.88. The standard InChI is InChI=1S/C16H18N2O2S/c1-20-10-4-9-18-15(19)11-21-16(18)13-7-8-17-14-6-3-2-5-12(13)14/h2-3,5-8,16H,4,9-11H2,1H3. The molecule has 0 saturated carbocycles. The predicted molar refractivity (Wildman–Crippen MR) is 85.1 cm³/mol. The smallest absolute Gasteiger partial charge is 0.233 e. The molecular weight excluding hydrogens is 284 g/mol. The molecule has 1 atom stereocenters. The molecule has 3 rings (SSSR count). The van der Waals surface area contributed by atoms with Crippen molar-refractivity contribution < 1.29 is 9.53 Å². The van der Waals surface area contributed by atoms with Crippen LogP contribution >= 0.6 is 11.8 Å². The van der Waals surface area contributed by atoms with E-state index >= 15 is 0 Å². The molecule has 1 fully saturated rings. The number of nitrogens with zero attached hydrogens (tertiary/aromatic N) is 2. The van der Waals surface area contributed by atoms with Gasteiger partial charge in [-0.15, -0.1) is 11.8 Å². The molecule has 4 nitrogen and oxygen atoms in total. The highest BCUT2D eigenvalue weighted by Crippen LogP contribution is 2.40. The number of carbonyl (C=O) groups is 1. The van der Waals surface area contributed by atoms with Crippen LogP contribution in [0.25, 0.3) is 10.9 Å². The van der Waals surface area contributed by atoms with Gasteiger partial charge in [-0.1, -0.05) is 18.2 Å². The summed E-state index contributed by atoms with van der Waals surface area (Å²) in [5, 5.41) is 1.21. The SMILES string of the molecule is COCCCN1C(=O)CSC1c1ccnc2ccccc12. The number of hydrogen-bond acceptors (Lipinski definition) is 4. The zero-order valence-corrected chi connectivity index (χ0v) is 12.8. The highest BCUT2D eigenvalue weighted by molar-refractivity contribution is 8.00. The Kier molecular flexibility index (Phi) is 4.41. The number of thioether (sulfide) groups is 1. The van der Waals surface area contributed by atoms with Crippen LogP contribution in [0, 0.1) is 0 Å². The van der Waals surface area contributed by atoms with E-state index in [1.54, 1.807) is 18.9 Å². The summed E-state index contributed by atoms with van der Waals surface area (Å²) in [7, 11) is 1.69. The minimum absolute atomic E-state index is 0.0854. The number of methoxy groups -OCH3 is 1. The Hall–Kier alpha value is -1.59. The number of amides is 1. The maximum atomic E-state index is 12.1. The number of para-hydroxylation sites is 1. The van der Waals surface area contributed by atoms with Gasteiger partial charge in [-0.25, -0.2) is 0 Å². The minimum Gasteiger partial charge on any atom is -0.385 e. The van der Waals surface area contributed by atoms with Crippen LogP contribution in [0.2, 0.25) is 0 Å². The Morgan fingerprint density at radius 1 is 1.38 bits per heavy atom. The molecule has 0 radical (unpaired) electrons. The van der Waals surface area contributed by atoms with Gasteiger partial charge < -0.3 is 9.64 Å². The molecule has 1 amide bonds. The van der Waals surface area contributed by atoms with E-state index < -0.39 is 0 Å². The molecule has 21 heavy (non-hydrogen) atoms. The van der Waals surface area contributed by atoms with Crippen LogP contribution < -0.4 is 0 Å². The van der Waals surface area contributed by atoms with Gasteiger partial charge in [0.2, 0.25) is 5.91 Å². The first-order valence-corrected chi connectivity index (χ1v) is 8.10. The van der Waals surface area contributed by atoms with E-state index in [1.165, 1.54) is 5.56 Å². The third kappa shape index (κ3) is 2.89.